The van der Waals surface area contributed by atoms with Gasteiger partial charge in [-0.3, -0.25) is 0 Å². The molecule has 17 heavy (non-hydrogen) atoms. The Bertz CT molecular complexity index is 526. The normalized spacial score (nSPS) is 14.8. The molecule has 2 rings (SSSR count). The van der Waals surface area contributed by atoms with E-state index < -0.39 is 17.6 Å². The van der Waals surface area contributed by atoms with Gasteiger partial charge in [0.05, 0.1) is 10.2 Å². The number of para-hydroxylation sites is 1. The van der Waals surface area contributed by atoms with Crippen LogP contribution in [0.3, 0.4) is 0 Å². The molecular weight excluding hydrogens is 240 g/mol. The highest BCUT2D eigenvalue weighted by Gasteiger charge is 2.17. The highest BCUT2D eigenvalue weighted by Crippen LogP contribution is 2.32. The van der Waals surface area contributed by atoms with E-state index in [4.69, 9.17) is 0 Å². The first-order chi connectivity index (χ1) is 8.13. The minimum atomic E-state index is -0.819. The average molecular weight is 253 g/mol. The highest BCUT2D eigenvalue weighted by atomic mass is 32.1. The fourth-order valence-corrected chi connectivity index (χ4v) is 2.37. The van der Waals surface area contributed by atoms with Gasteiger partial charge in [0.1, 0.15) is 5.83 Å². The smallest absolute Gasteiger partial charge is 0.190 e. The molecule has 1 nitrogen and oxygen atoms in total. The van der Waals surface area contributed by atoms with Gasteiger partial charge in [-0.25, -0.2) is 13.8 Å². The van der Waals surface area contributed by atoms with E-state index in [1.54, 1.807) is 13.0 Å². The van der Waals surface area contributed by atoms with Crippen LogP contribution in [0.5, 0.6) is 0 Å². The fourth-order valence-electron chi connectivity index (χ4n) is 1.46. The van der Waals surface area contributed by atoms with Crippen LogP contribution in [0.15, 0.2) is 30.1 Å². The Balaban J connectivity index is 2.46. The van der Waals surface area contributed by atoms with Crippen molar-refractivity contribution in [2.75, 3.05) is 0 Å². The lowest BCUT2D eigenvalue weighted by molar-refractivity contribution is 0.469. The Morgan fingerprint density at radius 2 is 2.06 bits per heavy atom. The van der Waals surface area contributed by atoms with Crippen LogP contribution in [0, 0.1) is 5.92 Å². The Labute approximate surface area is 103 Å². The Kier molecular flexibility index (Phi) is 3.52. The van der Waals surface area contributed by atoms with E-state index in [1.165, 1.54) is 11.3 Å². The van der Waals surface area contributed by atoms with Gasteiger partial charge in [-0.05, 0) is 18.6 Å². The molecule has 4 heteroatoms. The molecule has 0 radical (unpaired) electrons. The van der Waals surface area contributed by atoms with E-state index >= 15 is 0 Å². The summed E-state index contributed by atoms with van der Waals surface area (Å²) in [6.07, 6.45) is 0.574. The predicted octanol–water partition coefficient (Wildman–Crippen LogP) is 4.95. The summed E-state index contributed by atoms with van der Waals surface area (Å²) < 4.78 is 28.4. The van der Waals surface area contributed by atoms with Crippen molar-refractivity contribution in [3.63, 3.8) is 0 Å². The first kappa shape index (κ1) is 12.2. The lowest BCUT2D eigenvalue weighted by atomic mass is 10.1. The van der Waals surface area contributed by atoms with Crippen molar-refractivity contribution >= 4 is 27.4 Å². The zero-order chi connectivity index (χ0) is 12.4. The van der Waals surface area contributed by atoms with E-state index in [1.807, 2.05) is 25.1 Å². The van der Waals surface area contributed by atoms with Gasteiger partial charge in [0.2, 0.25) is 0 Å². The molecule has 0 aliphatic rings. The highest BCUT2D eigenvalue weighted by molar-refractivity contribution is 7.19. The van der Waals surface area contributed by atoms with Crippen LogP contribution in [0.25, 0.3) is 16.0 Å². The minimum absolute atomic E-state index is 0.129. The molecule has 1 aromatic heterocycles. The van der Waals surface area contributed by atoms with Gasteiger partial charge in [0, 0.05) is 5.92 Å². The largest absolute Gasteiger partial charge is 0.233 e. The molecule has 0 saturated heterocycles. The first-order valence-electron chi connectivity index (χ1n) is 5.54. The van der Waals surface area contributed by atoms with E-state index in [2.05, 4.69) is 4.98 Å². The lowest BCUT2D eigenvalue weighted by Gasteiger charge is -2.05. The van der Waals surface area contributed by atoms with Crippen LogP contribution < -0.4 is 0 Å². The van der Waals surface area contributed by atoms with Crippen molar-refractivity contribution in [3.05, 3.63) is 35.1 Å². The number of fused-ring (bicyclic) bond motifs is 1. The summed E-state index contributed by atoms with van der Waals surface area (Å²) >= 11 is 1.18. The van der Waals surface area contributed by atoms with Crippen molar-refractivity contribution in [2.45, 2.75) is 20.3 Å². The molecule has 0 fully saturated rings. The van der Waals surface area contributed by atoms with Gasteiger partial charge in [0.25, 0.3) is 0 Å². The van der Waals surface area contributed by atoms with E-state index in [0.717, 1.165) is 4.70 Å². The minimum Gasteiger partial charge on any atom is -0.233 e. The molecule has 2 aromatic rings. The number of hydrogen-bond acceptors (Lipinski definition) is 2. The second kappa shape index (κ2) is 4.92. The maximum absolute atomic E-state index is 13.9. The Morgan fingerprint density at radius 3 is 2.71 bits per heavy atom. The van der Waals surface area contributed by atoms with E-state index in [-0.39, 0.29) is 5.01 Å². The van der Waals surface area contributed by atoms with Gasteiger partial charge in [0.15, 0.2) is 10.8 Å². The summed E-state index contributed by atoms with van der Waals surface area (Å²) in [7, 11) is 0. The molecule has 0 bridgehead atoms. The summed E-state index contributed by atoms with van der Waals surface area (Å²) in [5, 5.41) is 0.129. The van der Waals surface area contributed by atoms with Crippen LogP contribution in [0.4, 0.5) is 8.78 Å². The summed E-state index contributed by atoms with van der Waals surface area (Å²) in [6, 6.07) is 7.34. The van der Waals surface area contributed by atoms with Crippen molar-refractivity contribution < 1.29 is 8.78 Å². The number of nitrogens with zero attached hydrogens (tertiary/aromatic N) is 1. The van der Waals surface area contributed by atoms with E-state index in [9.17, 15) is 8.78 Å². The van der Waals surface area contributed by atoms with Crippen LogP contribution in [0.2, 0.25) is 0 Å². The van der Waals surface area contributed by atoms with Crippen LogP contribution in [-0.4, -0.2) is 4.98 Å². The number of rotatable bonds is 3. The molecule has 0 aliphatic carbocycles. The zero-order valence-corrected chi connectivity index (χ0v) is 10.5. The third-order valence-electron chi connectivity index (χ3n) is 2.74. The van der Waals surface area contributed by atoms with Gasteiger partial charge in [-0.1, -0.05) is 26.0 Å². The molecule has 1 aromatic carbocycles. The van der Waals surface area contributed by atoms with Crippen molar-refractivity contribution in [1.82, 2.24) is 4.98 Å². The lowest BCUT2D eigenvalue weighted by Crippen LogP contribution is -1.94. The second-order valence-electron chi connectivity index (χ2n) is 3.96. The molecule has 1 unspecified atom stereocenters. The second-order valence-corrected chi connectivity index (χ2v) is 4.99. The zero-order valence-electron chi connectivity index (χ0n) is 9.71. The predicted molar refractivity (Wildman–Crippen MR) is 68.2 cm³/mol. The van der Waals surface area contributed by atoms with Gasteiger partial charge in [-0.15, -0.1) is 11.3 Å². The van der Waals surface area contributed by atoms with Crippen LogP contribution in [-0.2, 0) is 0 Å². The quantitative estimate of drug-likeness (QED) is 0.754. The summed E-state index contributed by atoms with van der Waals surface area (Å²) in [5.41, 5.74) is 0.708. The molecule has 1 heterocycles. The number of halogens is 2. The molecule has 1 atom stereocenters. The number of allylic oxidation sites excluding steroid dienone is 1. The first-order valence-corrected chi connectivity index (χ1v) is 6.36. The van der Waals surface area contributed by atoms with Crippen molar-refractivity contribution in [2.24, 2.45) is 5.92 Å². The topological polar surface area (TPSA) is 12.9 Å². The number of hydrogen-bond donors (Lipinski definition) is 0. The van der Waals surface area contributed by atoms with Gasteiger partial charge >= 0.3 is 0 Å². The molecular formula is C13H13F2NS. The average Bonchev–Trinajstić information content (AvgIpc) is 2.79. The number of aromatic nitrogens is 1. The molecule has 0 saturated carbocycles. The third-order valence-corrected chi connectivity index (χ3v) is 3.77. The van der Waals surface area contributed by atoms with Crippen LogP contribution >= 0.6 is 11.3 Å². The molecule has 0 amide bonds. The number of benzene rings is 1. The van der Waals surface area contributed by atoms with Gasteiger partial charge in [-0.2, -0.15) is 0 Å². The molecule has 0 aliphatic heterocycles. The fraction of sp³-hybridized carbons (Fsp3) is 0.308. The Hall–Kier alpha value is -1.29. The van der Waals surface area contributed by atoms with Crippen LogP contribution in [0.1, 0.15) is 25.3 Å². The third kappa shape index (κ3) is 2.36. The van der Waals surface area contributed by atoms with E-state index in [0.29, 0.717) is 11.9 Å². The maximum atomic E-state index is 13.9. The monoisotopic (exact) mass is 253 g/mol. The summed E-state index contributed by atoms with van der Waals surface area (Å²) in [4.78, 5) is 4.10. The Morgan fingerprint density at radius 1 is 1.35 bits per heavy atom. The van der Waals surface area contributed by atoms with Crippen molar-refractivity contribution in [1.29, 1.82) is 0 Å². The molecule has 0 N–H and O–H groups in total. The summed E-state index contributed by atoms with van der Waals surface area (Å²) in [6.45, 7) is 3.50. The SMILES string of the molecule is CCC(C)/C(F)=C(\F)c1nc2ccccc2s1. The summed E-state index contributed by atoms with van der Waals surface area (Å²) in [5.74, 6) is -1.92. The molecule has 90 valence electrons. The standard InChI is InChI=1S/C13H13F2NS/c1-3-8(2)11(14)12(15)13-16-9-6-4-5-7-10(9)17-13/h4-8H,3H2,1-2H3/b12-11+. The maximum Gasteiger partial charge on any atom is 0.190 e. The molecule has 0 spiro atoms. The van der Waals surface area contributed by atoms with Gasteiger partial charge < -0.3 is 0 Å². The van der Waals surface area contributed by atoms with Crippen molar-refractivity contribution in [3.8, 4) is 0 Å². The number of thiazole rings is 1.